The van der Waals surface area contributed by atoms with Crippen LogP contribution in [0.15, 0.2) is 18.5 Å². The largest absolute Gasteiger partial charge is 0.490 e. The van der Waals surface area contributed by atoms with Crippen molar-refractivity contribution < 1.29 is 9.84 Å². The molecule has 0 aliphatic carbocycles. The number of nitrogens with one attached hydrogen (secondary N) is 1. The second-order valence-corrected chi connectivity index (χ2v) is 5.00. The van der Waals surface area contributed by atoms with Gasteiger partial charge in [0.2, 0.25) is 0 Å². The molecule has 1 unspecified atom stereocenters. The fourth-order valence-electron chi connectivity index (χ4n) is 2.15. The number of pyridine rings is 1. The second kappa shape index (κ2) is 8.57. The predicted molar refractivity (Wildman–Crippen MR) is 78.6 cm³/mol. The maximum absolute atomic E-state index is 8.69. The topological polar surface area (TPSA) is 54.4 Å². The molecule has 2 N–H and O–H groups in total. The summed E-state index contributed by atoms with van der Waals surface area (Å²) in [6, 6.07) is 2.39. The van der Waals surface area contributed by atoms with Gasteiger partial charge in [0.05, 0.1) is 6.20 Å². The third kappa shape index (κ3) is 5.20. The van der Waals surface area contributed by atoms with Crippen LogP contribution in [0.25, 0.3) is 0 Å². The van der Waals surface area contributed by atoms with Crippen LogP contribution in [-0.4, -0.2) is 35.9 Å². The third-order valence-corrected chi connectivity index (χ3v) is 3.27. The quantitative estimate of drug-likeness (QED) is 0.613. The SMILES string of the molecule is OCCCCC#Cc1cncc(OCC2CCCN2)c1. The molecule has 0 bridgehead atoms. The minimum absolute atomic E-state index is 0.238. The monoisotopic (exact) mass is 274 g/mol. The number of aliphatic hydroxyl groups excluding tert-OH is 1. The number of rotatable bonds is 6. The zero-order valence-corrected chi connectivity index (χ0v) is 11.8. The van der Waals surface area contributed by atoms with E-state index in [1.165, 1.54) is 12.8 Å². The number of unbranched alkanes of at least 4 members (excludes halogenated alkanes) is 2. The van der Waals surface area contributed by atoms with E-state index in [4.69, 9.17) is 9.84 Å². The van der Waals surface area contributed by atoms with Crippen LogP contribution in [-0.2, 0) is 0 Å². The van der Waals surface area contributed by atoms with Gasteiger partial charge < -0.3 is 15.2 Å². The van der Waals surface area contributed by atoms with Gasteiger partial charge in [-0.15, -0.1) is 0 Å². The van der Waals surface area contributed by atoms with Crippen molar-refractivity contribution in [1.29, 1.82) is 0 Å². The molecule has 4 nitrogen and oxygen atoms in total. The minimum Gasteiger partial charge on any atom is -0.490 e. The van der Waals surface area contributed by atoms with Gasteiger partial charge in [0, 0.05) is 30.8 Å². The lowest BCUT2D eigenvalue weighted by molar-refractivity contribution is 0.276. The molecule has 2 heterocycles. The van der Waals surface area contributed by atoms with Gasteiger partial charge >= 0.3 is 0 Å². The highest BCUT2D eigenvalue weighted by Crippen LogP contribution is 2.13. The van der Waals surface area contributed by atoms with E-state index in [1.807, 2.05) is 6.07 Å². The van der Waals surface area contributed by atoms with E-state index in [0.717, 1.165) is 37.1 Å². The van der Waals surface area contributed by atoms with Crippen LogP contribution < -0.4 is 10.1 Å². The Labute approximate surface area is 120 Å². The molecule has 20 heavy (non-hydrogen) atoms. The Morgan fingerprint density at radius 2 is 2.35 bits per heavy atom. The van der Waals surface area contributed by atoms with Gasteiger partial charge in [-0.05, 0) is 38.3 Å². The zero-order chi connectivity index (χ0) is 14.0. The molecular formula is C16H22N2O2. The van der Waals surface area contributed by atoms with Crippen molar-refractivity contribution >= 4 is 0 Å². The summed E-state index contributed by atoms with van der Waals surface area (Å²) in [5.41, 5.74) is 0.880. The average Bonchev–Trinajstić information content (AvgIpc) is 2.99. The molecule has 1 aliphatic rings. The second-order valence-electron chi connectivity index (χ2n) is 5.00. The summed E-state index contributed by atoms with van der Waals surface area (Å²) in [4.78, 5) is 4.16. The first-order chi connectivity index (χ1) is 9.88. The normalized spacial score (nSPS) is 17.6. The summed E-state index contributed by atoms with van der Waals surface area (Å²) in [5, 5.41) is 12.1. The number of aromatic nitrogens is 1. The number of aliphatic hydroxyl groups is 1. The van der Waals surface area contributed by atoms with Crippen molar-refractivity contribution in [2.75, 3.05) is 19.8 Å². The lowest BCUT2D eigenvalue weighted by Gasteiger charge is -2.11. The van der Waals surface area contributed by atoms with E-state index in [0.29, 0.717) is 12.6 Å². The van der Waals surface area contributed by atoms with Crippen LogP contribution in [0.1, 0.15) is 37.7 Å². The van der Waals surface area contributed by atoms with E-state index in [-0.39, 0.29) is 6.61 Å². The summed E-state index contributed by atoms with van der Waals surface area (Å²) in [5.74, 6) is 6.95. The molecule has 0 spiro atoms. The minimum atomic E-state index is 0.238. The smallest absolute Gasteiger partial charge is 0.138 e. The van der Waals surface area contributed by atoms with Crippen LogP contribution in [0.2, 0.25) is 0 Å². The Hall–Kier alpha value is -1.57. The first-order valence-electron chi connectivity index (χ1n) is 7.29. The predicted octanol–water partition coefficient (Wildman–Crippen LogP) is 1.73. The van der Waals surface area contributed by atoms with E-state index in [9.17, 15) is 0 Å². The van der Waals surface area contributed by atoms with E-state index in [1.54, 1.807) is 12.4 Å². The van der Waals surface area contributed by atoms with Crippen molar-refractivity contribution in [3.63, 3.8) is 0 Å². The molecule has 1 saturated heterocycles. The molecule has 1 atom stereocenters. The van der Waals surface area contributed by atoms with Crippen LogP contribution in [0.4, 0.5) is 0 Å². The van der Waals surface area contributed by atoms with E-state index < -0.39 is 0 Å². The Kier molecular flexibility index (Phi) is 6.36. The van der Waals surface area contributed by atoms with E-state index >= 15 is 0 Å². The molecule has 1 aromatic heterocycles. The van der Waals surface area contributed by atoms with Crippen LogP contribution in [0.5, 0.6) is 5.75 Å². The molecule has 2 rings (SSSR count). The molecule has 108 valence electrons. The molecule has 1 aliphatic heterocycles. The molecule has 0 saturated carbocycles. The van der Waals surface area contributed by atoms with Crippen molar-refractivity contribution in [1.82, 2.24) is 10.3 Å². The first-order valence-corrected chi connectivity index (χ1v) is 7.29. The molecule has 0 aromatic carbocycles. The Morgan fingerprint density at radius 1 is 1.40 bits per heavy atom. The highest BCUT2D eigenvalue weighted by Gasteiger charge is 2.14. The maximum Gasteiger partial charge on any atom is 0.138 e. The van der Waals surface area contributed by atoms with Gasteiger partial charge in [0.25, 0.3) is 0 Å². The number of nitrogens with zero attached hydrogens (tertiary/aromatic N) is 1. The maximum atomic E-state index is 8.69. The molecule has 1 fully saturated rings. The van der Waals surface area contributed by atoms with E-state index in [2.05, 4.69) is 22.1 Å². The van der Waals surface area contributed by atoms with Gasteiger partial charge in [-0.3, -0.25) is 4.98 Å². The molecule has 4 heteroatoms. The third-order valence-electron chi connectivity index (χ3n) is 3.27. The summed E-state index contributed by atoms with van der Waals surface area (Å²) >= 11 is 0. The number of hydrogen-bond acceptors (Lipinski definition) is 4. The van der Waals surface area contributed by atoms with Crippen molar-refractivity contribution in [3.05, 3.63) is 24.0 Å². The summed E-state index contributed by atoms with van der Waals surface area (Å²) in [7, 11) is 0. The molecule has 0 amide bonds. The number of hydrogen-bond donors (Lipinski definition) is 2. The van der Waals surface area contributed by atoms with Gasteiger partial charge in [-0.1, -0.05) is 11.8 Å². The lowest BCUT2D eigenvalue weighted by Crippen LogP contribution is -2.28. The summed E-state index contributed by atoms with van der Waals surface area (Å²) < 4.78 is 5.75. The fraction of sp³-hybridized carbons (Fsp3) is 0.562. The van der Waals surface area contributed by atoms with Gasteiger partial charge in [0.15, 0.2) is 0 Å². The highest BCUT2D eigenvalue weighted by molar-refractivity contribution is 5.36. The van der Waals surface area contributed by atoms with Crippen molar-refractivity contribution in [2.24, 2.45) is 0 Å². The fourth-order valence-corrected chi connectivity index (χ4v) is 2.15. The Balaban J connectivity index is 1.80. The molecule has 1 aromatic rings. The Morgan fingerprint density at radius 3 is 3.15 bits per heavy atom. The lowest BCUT2D eigenvalue weighted by atomic mass is 10.2. The average molecular weight is 274 g/mol. The van der Waals surface area contributed by atoms with Crippen molar-refractivity contribution in [2.45, 2.75) is 38.1 Å². The summed E-state index contributed by atoms with van der Waals surface area (Å²) in [6.07, 6.45) is 8.43. The molecular weight excluding hydrogens is 252 g/mol. The van der Waals surface area contributed by atoms with Crippen LogP contribution >= 0.6 is 0 Å². The van der Waals surface area contributed by atoms with Gasteiger partial charge in [-0.25, -0.2) is 0 Å². The summed E-state index contributed by atoms with van der Waals surface area (Å²) in [6.45, 7) is 2.02. The number of ether oxygens (including phenoxy) is 1. The Bertz CT molecular complexity index is 459. The van der Waals surface area contributed by atoms with Gasteiger partial charge in [-0.2, -0.15) is 0 Å². The highest BCUT2D eigenvalue weighted by atomic mass is 16.5. The standard InChI is InChI=1S/C16H22N2O2/c19-9-4-2-1-3-6-14-10-16(12-17-11-14)20-13-15-7-5-8-18-15/h10-12,15,18-19H,1-2,4-5,7-9,13H2. The molecule has 0 radical (unpaired) electrons. The first kappa shape index (κ1) is 14.8. The van der Waals surface area contributed by atoms with Crippen molar-refractivity contribution in [3.8, 4) is 17.6 Å². The van der Waals surface area contributed by atoms with Gasteiger partial charge in [0.1, 0.15) is 12.4 Å². The van der Waals surface area contributed by atoms with Crippen LogP contribution in [0, 0.1) is 11.8 Å². The van der Waals surface area contributed by atoms with Crippen LogP contribution in [0.3, 0.4) is 0 Å². The zero-order valence-electron chi connectivity index (χ0n) is 11.8.